The zero-order valence-corrected chi connectivity index (χ0v) is 13.2. The average molecular weight is 303 g/mol. The van der Waals surface area contributed by atoms with Crippen LogP contribution in [-0.2, 0) is 5.54 Å². The monoisotopic (exact) mass is 303 g/mol. The standard InChI is InChI=1S/C21H21NO/c1-17(23)22-21(18-11-5-2-6-12-18,19-13-7-3-8-14-19)20-15-9-4-10-16-20/h2-17,22-23H,1H3. The molecule has 0 aliphatic carbocycles. The Hall–Kier alpha value is -2.42. The van der Waals surface area contributed by atoms with Gasteiger partial charge in [0.2, 0.25) is 0 Å². The zero-order valence-electron chi connectivity index (χ0n) is 13.2. The minimum Gasteiger partial charge on any atom is -0.379 e. The summed E-state index contributed by atoms with van der Waals surface area (Å²) in [6.07, 6.45) is -0.657. The minimum atomic E-state index is -0.657. The summed E-state index contributed by atoms with van der Waals surface area (Å²) in [6.45, 7) is 1.75. The van der Waals surface area contributed by atoms with E-state index in [2.05, 4.69) is 41.7 Å². The first kappa shape index (κ1) is 15.5. The second-order valence-corrected chi connectivity index (χ2v) is 5.67. The normalized spacial score (nSPS) is 12.8. The Morgan fingerprint density at radius 2 is 0.957 bits per heavy atom. The third kappa shape index (κ3) is 3.04. The molecule has 2 nitrogen and oxygen atoms in total. The zero-order chi connectivity index (χ0) is 16.1. The van der Waals surface area contributed by atoms with Crippen molar-refractivity contribution in [2.24, 2.45) is 0 Å². The molecule has 0 heterocycles. The molecule has 0 radical (unpaired) electrons. The molecule has 0 saturated carbocycles. The molecule has 0 spiro atoms. The average Bonchev–Trinajstić information content (AvgIpc) is 2.62. The van der Waals surface area contributed by atoms with Crippen LogP contribution in [0.25, 0.3) is 0 Å². The van der Waals surface area contributed by atoms with E-state index in [-0.39, 0.29) is 0 Å². The number of nitrogens with one attached hydrogen (secondary N) is 1. The van der Waals surface area contributed by atoms with Gasteiger partial charge >= 0.3 is 0 Å². The topological polar surface area (TPSA) is 32.3 Å². The predicted octanol–water partition coefficient (Wildman–Crippen LogP) is 3.91. The number of aliphatic hydroxyl groups is 1. The Morgan fingerprint density at radius 3 is 1.22 bits per heavy atom. The number of hydrogen-bond donors (Lipinski definition) is 2. The molecule has 2 heteroatoms. The van der Waals surface area contributed by atoms with Gasteiger partial charge in [0.1, 0.15) is 6.23 Å². The molecule has 0 fully saturated rings. The molecule has 0 amide bonds. The van der Waals surface area contributed by atoms with E-state index in [0.717, 1.165) is 16.7 Å². The van der Waals surface area contributed by atoms with Gasteiger partial charge in [-0.05, 0) is 23.6 Å². The predicted molar refractivity (Wildman–Crippen MR) is 94.0 cm³/mol. The molecule has 2 N–H and O–H groups in total. The van der Waals surface area contributed by atoms with Crippen molar-refractivity contribution in [3.63, 3.8) is 0 Å². The van der Waals surface area contributed by atoms with Gasteiger partial charge in [-0.15, -0.1) is 0 Å². The minimum absolute atomic E-state index is 0.599. The fourth-order valence-corrected chi connectivity index (χ4v) is 3.13. The Labute approximate surface area is 137 Å². The van der Waals surface area contributed by atoms with Crippen LogP contribution in [0.15, 0.2) is 91.0 Å². The van der Waals surface area contributed by atoms with Gasteiger partial charge in [0.05, 0.1) is 5.54 Å². The van der Waals surface area contributed by atoms with Crippen LogP contribution in [0.5, 0.6) is 0 Å². The summed E-state index contributed by atoms with van der Waals surface area (Å²) in [4.78, 5) is 0. The number of hydrogen-bond acceptors (Lipinski definition) is 2. The van der Waals surface area contributed by atoms with Gasteiger partial charge in [-0.2, -0.15) is 0 Å². The lowest BCUT2D eigenvalue weighted by atomic mass is 9.77. The van der Waals surface area contributed by atoms with Crippen LogP contribution in [0.1, 0.15) is 23.6 Å². The van der Waals surface area contributed by atoms with Crippen LogP contribution < -0.4 is 5.32 Å². The Bertz CT molecular complexity index is 627. The molecule has 3 aromatic rings. The third-order valence-electron chi connectivity index (χ3n) is 4.05. The second kappa shape index (κ2) is 6.78. The lowest BCUT2D eigenvalue weighted by Crippen LogP contribution is -2.48. The highest BCUT2D eigenvalue weighted by Gasteiger charge is 2.36. The van der Waals surface area contributed by atoms with E-state index in [1.807, 2.05) is 54.6 Å². The Morgan fingerprint density at radius 1 is 0.652 bits per heavy atom. The molecule has 0 aromatic heterocycles. The molecule has 1 atom stereocenters. The van der Waals surface area contributed by atoms with Crippen molar-refractivity contribution in [3.05, 3.63) is 108 Å². The first-order chi connectivity index (χ1) is 11.2. The summed E-state index contributed by atoms with van der Waals surface area (Å²) in [5, 5.41) is 13.6. The van der Waals surface area contributed by atoms with Gasteiger partial charge in [0.25, 0.3) is 0 Å². The van der Waals surface area contributed by atoms with Crippen molar-refractivity contribution in [2.75, 3.05) is 0 Å². The van der Waals surface area contributed by atoms with E-state index in [1.54, 1.807) is 6.92 Å². The smallest absolute Gasteiger partial charge is 0.103 e. The largest absolute Gasteiger partial charge is 0.379 e. The van der Waals surface area contributed by atoms with Gasteiger partial charge in [-0.25, -0.2) is 0 Å². The van der Waals surface area contributed by atoms with Crippen molar-refractivity contribution in [1.82, 2.24) is 5.32 Å². The van der Waals surface area contributed by atoms with Crippen molar-refractivity contribution in [1.29, 1.82) is 0 Å². The molecule has 0 aliphatic rings. The van der Waals surface area contributed by atoms with E-state index in [1.165, 1.54) is 0 Å². The highest BCUT2D eigenvalue weighted by Crippen LogP contribution is 2.36. The van der Waals surface area contributed by atoms with Crippen LogP contribution in [0.3, 0.4) is 0 Å². The summed E-state index contributed by atoms with van der Waals surface area (Å²) in [5.41, 5.74) is 2.69. The lowest BCUT2D eigenvalue weighted by Gasteiger charge is -2.38. The lowest BCUT2D eigenvalue weighted by molar-refractivity contribution is 0.129. The fraction of sp³-hybridized carbons (Fsp3) is 0.143. The first-order valence-corrected chi connectivity index (χ1v) is 7.86. The van der Waals surface area contributed by atoms with Crippen LogP contribution in [0.4, 0.5) is 0 Å². The van der Waals surface area contributed by atoms with Gasteiger partial charge in [-0.3, -0.25) is 5.32 Å². The maximum absolute atomic E-state index is 10.2. The summed E-state index contributed by atoms with van der Waals surface area (Å²) in [6, 6.07) is 30.7. The molecule has 0 saturated heterocycles. The van der Waals surface area contributed by atoms with Gasteiger partial charge in [-0.1, -0.05) is 91.0 Å². The number of rotatable bonds is 5. The van der Waals surface area contributed by atoms with Crippen molar-refractivity contribution in [3.8, 4) is 0 Å². The van der Waals surface area contributed by atoms with Gasteiger partial charge in [0, 0.05) is 0 Å². The maximum Gasteiger partial charge on any atom is 0.103 e. The Kier molecular flexibility index (Phi) is 4.56. The van der Waals surface area contributed by atoms with Crippen LogP contribution in [-0.4, -0.2) is 11.3 Å². The molecular weight excluding hydrogens is 282 g/mol. The van der Waals surface area contributed by atoms with Crippen molar-refractivity contribution in [2.45, 2.75) is 18.7 Å². The van der Waals surface area contributed by atoms with Crippen LogP contribution in [0, 0.1) is 0 Å². The second-order valence-electron chi connectivity index (χ2n) is 5.67. The van der Waals surface area contributed by atoms with E-state index in [9.17, 15) is 5.11 Å². The van der Waals surface area contributed by atoms with E-state index in [0.29, 0.717) is 0 Å². The molecule has 0 bridgehead atoms. The summed E-state index contributed by atoms with van der Waals surface area (Å²) in [5.74, 6) is 0. The van der Waals surface area contributed by atoms with Crippen LogP contribution >= 0.6 is 0 Å². The van der Waals surface area contributed by atoms with Crippen LogP contribution in [0.2, 0.25) is 0 Å². The highest BCUT2D eigenvalue weighted by molar-refractivity contribution is 5.49. The Balaban J connectivity index is 2.30. The molecule has 1 unspecified atom stereocenters. The molecule has 23 heavy (non-hydrogen) atoms. The van der Waals surface area contributed by atoms with Gasteiger partial charge < -0.3 is 5.11 Å². The van der Waals surface area contributed by atoms with Gasteiger partial charge in [0.15, 0.2) is 0 Å². The summed E-state index contributed by atoms with van der Waals surface area (Å²) >= 11 is 0. The maximum atomic E-state index is 10.2. The van der Waals surface area contributed by atoms with E-state index >= 15 is 0 Å². The molecule has 3 aromatic carbocycles. The number of aliphatic hydroxyl groups excluding tert-OH is 1. The highest BCUT2D eigenvalue weighted by atomic mass is 16.3. The third-order valence-corrected chi connectivity index (χ3v) is 4.05. The molecular formula is C21H21NO. The van der Waals surface area contributed by atoms with E-state index < -0.39 is 11.8 Å². The first-order valence-electron chi connectivity index (χ1n) is 7.86. The van der Waals surface area contributed by atoms with E-state index in [4.69, 9.17) is 0 Å². The molecule has 0 aliphatic heterocycles. The van der Waals surface area contributed by atoms with Crippen molar-refractivity contribution < 1.29 is 5.11 Å². The molecule has 116 valence electrons. The summed E-state index contributed by atoms with van der Waals surface area (Å²) < 4.78 is 0. The SMILES string of the molecule is CC(O)NC(c1ccccc1)(c1ccccc1)c1ccccc1. The quantitative estimate of drug-likeness (QED) is 0.553. The molecule has 3 rings (SSSR count). The fourth-order valence-electron chi connectivity index (χ4n) is 3.13. The van der Waals surface area contributed by atoms with Crippen molar-refractivity contribution >= 4 is 0 Å². The summed E-state index contributed by atoms with van der Waals surface area (Å²) in [7, 11) is 0. The number of benzene rings is 3.